The molecule has 0 aliphatic heterocycles. The van der Waals surface area contributed by atoms with Gasteiger partial charge in [0, 0.05) is 19.5 Å². The van der Waals surface area contributed by atoms with Gasteiger partial charge in [-0.25, -0.2) is 0 Å². The molecule has 0 bridgehead atoms. The van der Waals surface area contributed by atoms with E-state index in [-0.39, 0.29) is 13.0 Å². The summed E-state index contributed by atoms with van der Waals surface area (Å²) < 4.78 is 35.2. The van der Waals surface area contributed by atoms with Gasteiger partial charge in [-0.2, -0.15) is 13.2 Å². The summed E-state index contributed by atoms with van der Waals surface area (Å²) in [6.45, 7) is 1.12. The Morgan fingerprint density at radius 2 is 1.93 bits per heavy atom. The molecule has 0 radical (unpaired) electrons. The van der Waals surface area contributed by atoms with Gasteiger partial charge in [0.15, 0.2) is 0 Å². The molecule has 92 valence electrons. The summed E-state index contributed by atoms with van der Waals surface area (Å²) in [6, 6.07) is 0. The summed E-state index contributed by atoms with van der Waals surface area (Å²) in [6.07, 6.45) is -5.34. The molecule has 0 rings (SSSR count). The average molecular weight is 228 g/mol. The molecule has 3 nitrogen and oxygen atoms in total. The molecule has 0 fully saturated rings. The summed E-state index contributed by atoms with van der Waals surface area (Å²) in [4.78, 5) is 1.82. The minimum absolute atomic E-state index is 0.0538. The standard InChI is InChI=1S/C9H19F3N2O/c1-14(2)7-8(15)6-13-5-3-4-9(10,11)12/h8,13,15H,3-7H2,1-2H3. The van der Waals surface area contributed by atoms with E-state index in [9.17, 15) is 18.3 Å². The van der Waals surface area contributed by atoms with Gasteiger partial charge in [-0.3, -0.25) is 0 Å². The minimum atomic E-state index is -4.08. The second kappa shape index (κ2) is 7.03. The Kier molecular flexibility index (Phi) is 6.87. The van der Waals surface area contributed by atoms with Crippen LogP contribution in [0.15, 0.2) is 0 Å². The Labute approximate surface area is 88.3 Å². The second-order valence-corrected chi connectivity index (χ2v) is 3.84. The van der Waals surface area contributed by atoms with Gasteiger partial charge >= 0.3 is 6.18 Å². The second-order valence-electron chi connectivity index (χ2n) is 3.84. The Balaban J connectivity index is 3.31. The van der Waals surface area contributed by atoms with E-state index >= 15 is 0 Å². The number of hydrogen-bond acceptors (Lipinski definition) is 3. The summed E-state index contributed by atoms with van der Waals surface area (Å²) in [5, 5.41) is 12.1. The fourth-order valence-electron chi connectivity index (χ4n) is 1.17. The molecule has 0 aromatic rings. The smallest absolute Gasteiger partial charge is 0.389 e. The Bertz CT molecular complexity index is 162. The first-order chi connectivity index (χ1) is 6.81. The zero-order valence-corrected chi connectivity index (χ0v) is 9.14. The third-order valence-corrected chi connectivity index (χ3v) is 1.77. The van der Waals surface area contributed by atoms with Gasteiger partial charge in [-0.15, -0.1) is 0 Å². The number of aliphatic hydroxyl groups excluding tert-OH is 1. The first-order valence-electron chi connectivity index (χ1n) is 4.91. The van der Waals surface area contributed by atoms with Crippen LogP contribution in [0, 0.1) is 0 Å². The van der Waals surface area contributed by atoms with Gasteiger partial charge in [0.05, 0.1) is 6.10 Å². The molecule has 6 heteroatoms. The van der Waals surface area contributed by atoms with Gasteiger partial charge in [-0.05, 0) is 27.1 Å². The number of likely N-dealkylation sites (N-methyl/N-ethyl adjacent to an activating group) is 1. The number of nitrogens with zero attached hydrogens (tertiary/aromatic N) is 1. The summed E-state index contributed by atoms with van der Waals surface area (Å²) in [7, 11) is 3.65. The molecule has 0 saturated heterocycles. The van der Waals surface area contributed by atoms with Crippen molar-refractivity contribution >= 4 is 0 Å². The molecule has 0 heterocycles. The van der Waals surface area contributed by atoms with Crippen LogP contribution < -0.4 is 5.32 Å². The van der Waals surface area contributed by atoms with Crippen LogP contribution in [0.2, 0.25) is 0 Å². The lowest BCUT2D eigenvalue weighted by Crippen LogP contribution is -2.35. The normalized spacial score (nSPS) is 14.6. The first kappa shape index (κ1) is 14.7. The van der Waals surface area contributed by atoms with Crippen molar-refractivity contribution in [3.63, 3.8) is 0 Å². The minimum Gasteiger partial charge on any atom is -0.390 e. The van der Waals surface area contributed by atoms with Crippen LogP contribution in [-0.4, -0.2) is 56.0 Å². The topological polar surface area (TPSA) is 35.5 Å². The maximum Gasteiger partial charge on any atom is 0.389 e. The van der Waals surface area contributed by atoms with E-state index in [1.807, 2.05) is 19.0 Å². The van der Waals surface area contributed by atoms with Crippen molar-refractivity contribution in [1.82, 2.24) is 10.2 Å². The van der Waals surface area contributed by atoms with Crippen LogP contribution in [0.3, 0.4) is 0 Å². The van der Waals surface area contributed by atoms with Gasteiger partial charge in [0.2, 0.25) is 0 Å². The summed E-state index contributed by atoms with van der Waals surface area (Å²) >= 11 is 0. The van der Waals surface area contributed by atoms with Crippen molar-refractivity contribution in [2.24, 2.45) is 0 Å². The summed E-state index contributed by atoms with van der Waals surface area (Å²) in [5.74, 6) is 0. The van der Waals surface area contributed by atoms with Crippen molar-refractivity contribution < 1.29 is 18.3 Å². The monoisotopic (exact) mass is 228 g/mol. The van der Waals surface area contributed by atoms with E-state index in [1.165, 1.54) is 0 Å². The molecule has 0 spiro atoms. The van der Waals surface area contributed by atoms with E-state index in [4.69, 9.17) is 0 Å². The Hall–Kier alpha value is -0.330. The number of nitrogens with one attached hydrogen (secondary N) is 1. The largest absolute Gasteiger partial charge is 0.390 e. The molecule has 0 aliphatic carbocycles. The van der Waals surface area contributed by atoms with Crippen molar-refractivity contribution in [2.45, 2.75) is 25.1 Å². The van der Waals surface area contributed by atoms with Gasteiger partial charge in [-0.1, -0.05) is 0 Å². The van der Waals surface area contributed by atoms with Crippen LogP contribution in [0.25, 0.3) is 0 Å². The van der Waals surface area contributed by atoms with Crippen LogP contribution in [0.1, 0.15) is 12.8 Å². The van der Waals surface area contributed by atoms with Crippen molar-refractivity contribution in [3.05, 3.63) is 0 Å². The molecule has 1 unspecified atom stereocenters. The molecule has 0 aliphatic rings. The van der Waals surface area contributed by atoms with E-state index in [0.29, 0.717) is 13.1 Å². The molecule has 2 N–H and O–H groups in total. The van der Waals surface area contributed by atoms with Crippen LogP contribution >= 0.6 is 0 Å². The van der Waals surface area contributed by atoms with Crippen molar-refractivity contribution in [2.75, 3.05) is 33.7 Å². The van der Waals surface area contributed by atoms with Gasteiger partial charge < -0.3 is 15.3 Å². The highest BCUT2D eigenvalue weighted by atomic mass is 19.4. The lowest BCUT2D eigenvalue weighted by atomic mass is 10.3. The highest BCUT2D eigenvalue weighted by molar-refractivity contribution is 4.62. The highest BCUT2D eigenvalue weighted by Crippen LogP contribution is 2.20. The van der Waals surface area contributed by atoms with E-state index < -0.39 is 18.7 Å². The molecule has 0 saturated carbocycles. The third-order valence-electron chi connectivity index (χ3n) is 1.77. The van der Waals surface area contributed by atoms with Crippen molar-refractivity contribution in [1.29, 1.82) is 0 Å². The molecular formula is C9H19F3N2O. The fourth-order valence-corrected chi connectivity index (χ4v) is 1.17. The number of alkyl halides is 3. The van der Waals surface area contributed by atoms with Gasteiger partial charge in [0.25, 0.3) is 0 Å². The fraction of sp³-hybridized carbons (Fsp3) is 1.00. The SMILES string of the molecule is CN(C)CC(O)CNCCCC(F)(F)F. The Morgan fingerprint density at radius 1 is 1.33 bits per heavy atom. The zero-order valence-electron chi connectivity index (χ0n) is 9.14. The Morgan fingerprint density at radius 3 is 2.40 bits per heavy atom. The number of hydrogen-bond donors (Lipinski definition) is 2. The van der Waals surface area contributed by atoms with E-state index in [0.717, 1.165) is 0 Å². The lowest BCUT2D eigenvalue weighted by molar-refractivity contribution is -0.135. The molecule has 1 atom stereocenters. The van der Waals surface area contributed by atoms with Crippen LogP contribution in [0.5, 0.6) is 0 Å². The molecule has 0 aromatic carbocycles. The predicted octanol–water partition coefficient (Wildman–Crippen LogP) is 0.841. The molecule has 0 aromatic heterocycles. The quantitative estimate of drug-likeness (QED) is 0.634. The molecular weight excluding hydrogens is 209 g/mol. The van der Waals surface area contributed by atoms with Gasteiger partial charge in [0.1, 0.15) is 0 Å². The first-order valence-corrected chi connectivity index (χ1v) is 4.91. The highest BCUT2D eigenvalue weighted by Gasteiger charge is 2.25. The maximum absolute atomic E-state index is 11.7. The predicted molar refractivity (Wildman–Crippen MR) is 52.7 cm³/mol. The van der Waals surface area contributed by atoms with Crippen LogP contribution in [-0.2, 0) is 0 Å². The molecule has 15 heavy (non-hydrogen) atoms. The number of aliphatic hydroxyl groups is 1. The summed E-state index contributed by atoms with van der Waals surface area (Å²) in [5.41, 5.74) is 0. The van der Waals surface area contributed by atoms with Crippen LogP contribution in [0.4, 0.5) is 13.2 Å². The van der Waals surface area contributed by atoms with Crippen molar-refractivity contribution in [3.8, 4) is 0 Å². The molecule has 0 amide bonds. The number of halogens is 3. The van der Waals surface area contributed by atoms with E-state index in [1.54, 1.807) is 0 Å². The average Bonchev–Trinajstić information content (AvgIpc) is 1.99. The lowest BCUT2D eigenvalue weighted by Gasteiger charge is -2.16. The van der Waals surface area contributed by atoms with E-state index in [2.05, 4.69) is 5.32 Å². The third kappa shape index (κ3) is 11.6. The number of rotatable bonds is 7. The zero-order chi connectivity index (χ0) is 11.9. The maximum atomic E-state index is 11.7.